The summed E-state index contributed by atoms with van der Waals surface area (Å²) in [5, 5.41) is 10.00. The molecule has 2 fully saturated rings. The Morgan fingerprint density at radius 1 is 1.16 bits per heavy atom. The Morgan fingerprint density at radius 3 is 2.81 bits per heavy atom. The van der Waals surface area contributed by atoms with Crippen LogP contribution in [0.5, 0.6) is 0 Å². The molecule has 0 bridgehead atoms. The Kier molecular flexibility index (Phi) is 4.59. The predicted molar refractivity (Wildman–Crippen MR) is 126 cm³/mol. The third-order valence-electron chi connectivity index (χ3n) is 6.54. The summed E-state index contributed by atoms with van der Waals surface area (Å²) in [6, 6.07) is 8.16. The summed E-state index contributed by atoms with van der Waals surface area (Å²) in [6.45, 7) is 4.15. The number of aryl methyl sites for hydroxylation is 1. The molecular formula is C24H24ClFN6. The second-order valence-electron chi connectivity index (χ2n) is 9.17. The van der Waals surface area contributed by atoms with Crippen LogP contribution >= 0.6 is 11.6 Å². The van der Waals surface area contributed by atoms with E-state index in [1.165, 1.54) is 18.9 Å². The van der Waals surface area contributed by atoms with Gasteiger partial charge in [0.1, 0.15) is 5.52 Å². The van der Waals surface area contributed by atoms with Crippen LogP contribution in [0, 0.1) is 11.7 Å². The summed E-state index contributed by atoms with van der Waals surface area (Å²) >= 11 is 6.68. The standard InChI is InChI=1S/C24H24ClFN6/c1-13-10-32(12-22(28-13)14-3-4-14)17-7-18-19(25)8-21(29-24(18)27-9-17)15-5-16-11-31(2)30-23(16)20(26)6-15/h5-9,11,13-14,22,28H,3-4,10,12H2,1-2H3/t13-,22+/m0/s1. The molecule has 0 spiro atoms. The molecule has 1 aromatic carbocycles. The largest absolute Gasteiger partial charge is 0.367 e. The van der Waals surface area contributed by atoms with Crippen LogP contribution in [-0.4, -0.2) is 44.9 Å². The summed E-state index contributed by atoms with van der Waals surface area (Å²) in [5.74, 6) is 0.413. The second-order valence-corrected chi connectivity index (χ2v) is 9.58. The van der Waals surface area contributed by atoms with Crippen molar-refractivity contribution in [3.63, 3.8) is 0 Å². The van der Waals surface area contributed by atoms with Gasteiger partial charge in [0, 0.05) is 54.8 Å². The zero-order valence-electron chi connectivity index (χ0n) is 18.0. The zero-order chi connectivity index (χ0) is 22.0. The minimum Gasteiger partial charge on any atom is -0.367 e. The molecule has 1 N–H and O–H groups in total. The lowest BCUT2D eigenvalue weighted by atomic mass is 10.1. The van der Waals surface area contributed by atoms with Crippen LogP contribution in [-0.2, 0) is 7.05 Å². The molecule has 2 atom stereocenters. The minimum atomic E-state index is -0.377. The molecule has 1 aliphatic carbocycles. The van der Waals surface area contributed by atoms with Crippen LogP contribution in [0.2, 0.25) is 5.02 Å². The van der Waals surface area contributed by atoms with Gasteiger partial charge in [-0.3, -0.25) is 4.68 Å². The fourth-order valence-electron chi connectivity index (χ4n) is 4.84. The summed E-state index contributed by atoms with van der Waals surface area (Å²) < 4.78 is 16.2. The van der Waals surface area contributed by atoms with Gasteiger partial charge in [-0.1, -0.05) is 11.6 Å². The van der Waals surface area contributed by atoms with Gasteiger partial charge < -0.3 is 10.2 Å². The van der Waals surface area contributed by atoms with E-state index >= 15 is 0 Å². The Hall–Kier alpha value is -2.77. The molecule has 6 rings (SSSR count). The van der Waals surface area contributed by atoms with Crippen LogP contribution in [0.25, 0.3) is 33.2 Å². The van der Waals surface area contributed by atoms with Crippen molar-refractivity contribution in [1.29, 1.82) is 0 Å². The summed E-state index contributed by atoms with van der Waals surface area (Å²) in [6.07, 6.45) is 6.30. The van der Waals surface area contributed by atoms with E-state index in [0.29, 0.717) is 39.5 Å². The molecule has 32 heavy (non-hydrogen) atoms. The number of rotatable bonds is 3. The molecule has 1 saturated heterocycles. The van der Waals surface area contributed by atoms with E-state index in [1.54, 1.807) is 24.0 Å². The van der Waals surface area contributed by atoms with Crippen LogP contribution < -0.4 is 10.2 Å². The average molecular weight is 451 g/mol. The van der Waals surface area contributed by atoms with Gasteiger partial charge in [0.25, 0.3) is 0 Å². The van der Waals surface area contributed by atoms with Crippen molar-refractivity contribution >= 4 is 39.2 Å². The van der Waals surface area contributed by atoms with Crippen LogP contribution in [0.15, 0.2) is 36.7 Å². The number of nitrogens with zero attached hydrogens (tertiary/aromatic N) is 5. The molecule has 1 saturated carbocycles. The molecule has 0 unspecified atom stereocenters. The van der Waals surface area contributed by atoms with Crippen molar-refractivity contribution < 1.29 is 4.39 Å². The fraction of sp³-hybridized carbons (Fsp3) is 0.375. The number of halogens is 2. The Labute approximate surface area is 190 Å². The second kappa shape index (κ2) is 7.39. The molecular weight excluding hydrogens is 427 g/mol. The van der Waals surface area contributed by atoms with Crippen molar-refractivity contribution in [3.05, 3.63) is 47.5 Å². The average Bonchev–Trinajstić information content (AvgIpc) is 3.54. The van der Waals surface area contributed by atoms with Crippen molar-refractivity contribution in [2.24, 2.45) is 13.0 Å². The summed E-state index contributed by atoms with van der Waals surface area (Å²) in [4.78, 5) is 11.7. The van der Waals surface area contributed by atoms with Crippen LogP contribution in [0.3, 0.4) is 0 Å². The van der Waals surface area contributed by atoms with Crippen molar-refractivity contribution in [3.8, 4) is 11.3 Å². The molecule has 3 aromatic heterocycles. The number of hydrogen-bond acceptors (Lipinski definition) is 5. The van der Waals surface area contributed by atoms with Crippen LogP contribution in [0.4, 0.5) is 10.1 Å². The van der Waals surface area contributed by atoms with Crippen molar-refractivity contribution in [1.82, 2.24) is 25.1 Å². The maximum atomic E-state index is 14.6. The van der Waals surface area contributed by atoms with Gasteiger partial charge in [0.05, 0.1) is 22.6 Å². The Bertz CT molecular complexity index is 1350. The number of nitrogens with one attached hydrogen (secondary N) is 1. The number of pyridine rings is 2. The topological polar surface area (TPSA) is 58.9 Å². The third kappa shape index (κ3) is 3.49. The van der Waals surface area contributed by atoms with Crippen LogP contribution in [0.1, 0.15) is 19.8 Å². The summed E-state index contributed by atoms with van der Waals surface area (Å²) in [7, 11) is 1.78. The molecule has 0 radical (unpaired) electrons. The van der Waals surface area contributed by atoms with Gasteiger partial charge in [-0.25, -0.2) is 14.4 Å². The lowest BCUT2D eigenvalue weighted by Gasteiger charge is -2.39. The smallest absolute Gasteiger partial charge is 0.161 e. The van der Waals surface area contributed by atoms with E-state index in [0.717, 1.165) is 35.5 Å². The van der Waals surface area contributed by atoms with E-state index in [-0.39, 0.29) is 5.82 Å². The van der Waals surface area contributed by atoms with Gasteiger partial charge in [-0.15, -0.1) is 0 Å². The first-order valence-electron chi connectivity index (χ1n) is 11.0. The van der Waals surface area contributed by atoms with Gasteiger partial charge in [0.2, 0.25) is 0 Å². The molecule has 6 nitrogen and oxygen atoms in total. The highest BCUT2D eigenvalue weighted by Gasteiger charge is 2.36. The van der Waals surface area contributed by atoms with E-state index in [2.05, 4.69) is 33.3 Å². The number of hydrogen-bond donors (Lipinski definition) is 1. The van der Waals surface area contributed by atoms with E-state index in [1.807, 2.05) is 12.3 Å². The maximum Gasteiger partial charge on any atom is 0.161 e. The quantitative estimate of drug-likeness (QED) is 0.496. The van der Waals surface area contributed by atoms with E-state index in [9.17, 15) is 4.39 Å². The predicted octanol–water partition coefficient (Wildman–Crippen LogP) is 4.55. The Balaban J connectivity index is 1.37. The van der Waals surface area contributed by atoms with Gasteiger partial charge >= 0.3 is 0 Å². The molecule has 164 valence electrons. The van der Waals surface area contributed by atoms with E-state index < -0.39 is 0 Å². The number of benzene rings is 1. The third-order valence-corrected chi connectivity index (χ3v) is 6.85. The molecule has 4 heterocycles. The molecule has 2 aliphatic rings. The normalized spacial score (nSPS) is 21.6. The minimum absolute atomic E-state index is 0.348. The highest BCUT2D eigenvalue weighted by Crippen LogP contribution is 2.36. The van der Waals surface area contributed by atoms with Gasteiger partial charge in [-0.2, -0.15) is 5.10 Å². The molecule has 0 amide bonds. The van der Waals surface area contributed by atoms with Crippen molar-refractivity contribution in [2.45, 2.75) is 31.8 Å². The molecule has 4 aromatic rings. The van der Waals surface area contributed by atoms with Gasteiger partial charge in [0.15, 0.2) is 11.5 Å². The SMILES string of the molecule is C[C@H]1CN(c2cnc3nc(-c4cc(F)c5nn(C)cc5c4)cc(Cl)c3c2)C[C@H](C2CC2)N1. The Morgan fingerprint density at radius 2 is 2.00 bits per heavy atom. The lowest BCUT2D eigenvalue weighted by molar-refractivity contribution is 0.359. The number of aromatic nitrogens is 4. The first kappa shape index (κ1) is 19.9. The number of piperazine rings is 1. The van der Waals surface area contributed by atoms with Gasteiger partial charge in [-0.05, 0) is 49.9 Å². The first-order chi connectivity index (χ1) is 15.4. The van der Waals surface area contributed by atoms with Crippen molar-refractivity contribution in [2.75, 3.05) is 18.0 Å². The highest BCUT2D eigenvalue weighted by atomic mass is 35.5. The maximum absolute atomic E-state index is 14.6. The number of anilines is 1. The monoisotopic (exact) mass is 450 g/mol. The first-order valence-corrected chi connectivity index (χ1v) is 11.4. The highest BCUT2D eigenvalue weighted by molar-refractivity contribution is 6.35. The molecule has 8 heteroatoms. The number of fused-ring (bicyclic) bond motifs is 2. The lowest BCUT2D eigenvalue weighted by Crippen LogP contribution is -2.56. The fourth-order valence-corrected chi connectivity index (χ4v) is 5.09. The summed E-state index contributed by atoms with van der Waals surface area (Å²) in [5.41, 5.74) is 3.22. The zero-order valence-corrected chi connectivity index (χ0v) is 18.8. The van der Waals surface area contributed by atoms with E-state index in [4.69, 9.17) is 16.6 Å². The molecule has 1 aliphatic heterocycles.